The summed E-state index contributed by atoms with van der Waals surface area (Å²) in [5.74, 6) is 0. The molecular weight excluding hydrogens is 342 g/mol. The molecule has 0 nitrogen and oxygen atoms in total. The second-order valence-electron chi connectivity index (χ2n) is 3.86. The molecule has 0 aliphatic carbocycles. The molecule has 0 aromatic heterocycles. The van der Waals surface area contributed by atoms with Crippen LogP contribution in [0, 0.1) is 6.92 Å². The Hall–Kier alpha value is 0.163. The van der Waals surface area contributed by atoms with E-state index in [1.807, 2.05) is 30.3 Å². The molecule has 0 atom stereocenters. The van der Waals surface area contributed by atoms with Gasteiger partial charge in [-0.3, -0.25) is 0 Å². The molecule has 0 saturated carbocycles. The topological polar surface area (TPSA) is 0 Å². The predicted molar refractivity (Wildman–Crippen MR) is 67.4 cm³/mol. The molecule has 0 amide bonds. The SMILES string of the molecule is CCCCc1cc[c-](C)c1.[Cl-].[Cl-].[Zr+4].c1cc[cH-]c1. The van der Waals surface area contributed by atoms with Crippen LogP contribution >= 0.6 is 0 Å². The average Bonchev–Trinajstić information content (AvgIpc) is 2.88. The zero-order valence-corrected chi connectivity index (χ0v) is 15.0. The van der Waals surface area contributed by atoms with Crippen LogP contribution in [0.3, 0.4) is 0 Å². The Morgan fingerprint density at radius 1 is 1.17 bits per heavy atom. The van der Waals surface area contributed by atoms with E-state index in [0.717, 1.165) is 0 Å². The van der Waals surface area contributed by atoms with E-state index in [1.165, 1.54) is 30.4 Å². The number of hydrogen-bond acceptors (Lipinski definition) is 0. The van der Waals surface area contributed by atoms with Crippen LogP contribution in [-0.2, 0) is 32.6 Å². The van der Waals surface area contributed by atoms with Gasteiger partial charge in [-0.1, -0.05) is 33.1 Å². The van der Waals surface area contributed by atoms with Gasteiger partial charge in [-0.25, -0.2) is 18.2 Å². The number of aryl methyl sites for hydroxylation is 2. The molecule has 0 aliphatic heterocycles. The van der Waals surface area contributed by atoms with Gasteiger partial charge in [0.05, 0.1) is 0 Å². The predicted octanol–water partition coefficient (Wildman–Crippen LogP) is -1.53. The monoisotopic (exact) mass is 360 g/mol. The number of halogens is 2. The summed E-state index contributed by atoms with van der Waals surface area (Å²) >= 11 is 0. The molecule has 98 valence electrons. The molecule has 2 rings (SSSR count). The first-order valence-corrected chi connectivity index (χ1v) is 5.72. The van der Waals surface area contributed by atoms with Gasteiger partial charge in [-0.2, -0.15) is 41.5 Å². The largest absolute Gasteiger partial charge is 4.00 e. The normalized spacial score (nSPS) is 7.89. The number of hydrogen-bond donors (Lipinski definition) is 0. The Kier molecular flexibility index (Phi) is 19.7. The van der Waals surface area contributed by atoms with Crippen molar-refractivity contribution < 1.29 is 51.0 Å². The molecule has 0 bridgehead atoms. The maximum Gasteiger partial charge on any atom is 4.00 e. The summed E-state index contributed by atoms with van der Waals surface area (Å²) in [5, 5.41) is 0. The molecule has 2 aromatic carbocycles. The maximum atomic E-state index is 2.27. The summed E-state index contributed by atoms with van der Waals surface area (Å²) in [5.41, 5.74) is 2.89. The molecule has 0 spiro atoms. The van der Waals surface area contributed by atoms with Crippen molar-refractivity contribution in [1.29, 1.82) is 0 Å². The second-order valence-corrected chi connectivity index (χ2v) is 3.86. The van der Waals surface area contributed by atoms with Crippen LogP contribution in [0.5, 0.6) is 0 Å². The van der Waals surface area contributed by atoms with Crippen LogP contribution in [0.4, 0.5) is 0 Å². The van der Waals surface area contributed by atoms with Gasteiger partial charge in [0.15, 0.2) is 0 Å². The van der Waals surface area contributed by atoms with Gasteiger partial charge in [0.2, 0.25) is 0 Å². The molecule has 0 fully saturated rings. The van der Waals surface area contributed by atoms with Gasteiger partial charge >= 0.3 is 26.2 Å². The number of unbranched alkanes of at least 4 members (excludes halogenated alkanes) is 1. The van der Waals surface area contributed by atoms with Crippen molar-refractivity contribution in [3.63, 3.8) is 0 Å². The first kappa shape index (κ1) is 23.3. The van der Waals surface area contributed by atoms with Crippen molar-refractivity contribution in [2.75, 3.05) is 0 Å². The van der Waals surface area contributed by atoms with E-state index in [2.05, 4.69) is 32.0 Å². The quantitative estimate of drug-likeness (QED) is 0.581. The van der Waals surface area contributed by atoms with E-state index in [4.69, 9.17) is 0 Å². The van der Waals surface area contributed by atoms with Crippen LogP contribution in [0.1, 0.15) is 30.9 Å². The van der Waals surface area contributed by atoms with E-state index in [-0.39, 0.29) is 51.0 Å². The van der Waals surface area contributed by atoms with Crippen molar-refractivity contribution in [1.82, 2.24) is 0 Å². The van der Waals surface area contributed by atoms with Crippen LogP contribution < -0.4 is 24.8 Å². The third-order valence-electron chi connectivity index (χ3n) is 2.35. The minimum Gasteiger partial charge on any atom is -1.00 e. The van der Waals surface area contributed by atoms with Crippen molar-refractivity contribution in [3.05, 3.63) is 59.7 Å². The molecule has 0 aliphatic rings. The van der Waals surface area contributed by atoms with Crippen LogP contribution in [0.2, 0.25) is 0 Å². The molecule has 0 heterocycles. The summed E-state index contributed by atoms with van der Waals surface area (Å²) in [7, 11) is 0. The Labute approximate surface area is 143 Å². The Balaban J connectivity index is -0.000000245. The first-order chi connectivity index (χ1) is 7.33. The summed E-state index contributed by atoms with van der Waals surface area (Å²) in [6.45, 7) is 4.38. The van der Waals surface area contributed by atoms with Gasteiger partial charge in [0.1, 0.15) is 0 Å². The van der Waals surface area contributed by atoms with Crippen molar-refractivity contribution >= 4 is 0 Å². The van der Waals surface area contributed by atoms with E-state index >= 15 is 0 Å². The summed E-state index contributed by atoms with van der Waals surface area (Å²) in [4.78, 5) is 0. The van der Waals surface area contributed by atoms with Gasteiger partial charge < -0.3 is 24.8 Å². The zero-order chi connectivity index (χ0) is 10.9. The van der Waals surface area contributed by atoms with Crippen molar-refractivity contribution in [2.24, 2.45) is 0 Å². The van der Waals surface area contributed by atoms with E-state index < -0.39 is 0 Å². The van der Waals surface area contributed by atoms with Crippen molar-refractivity contribution in [3.8, 4) is 0 Å². The fourth-order valence-corrected chi connectivity index (χ4v) is 1.48. The molecule has 0 saturated heterocycles. The van der Waals surface area contributed by atoms with Crippen LogP contribution in [0.25, 0.3) is 0 Å². The fraction of sp³-hybridized carbons (Fsp3) is 0.333. The summed E-state index contributed by atoms with van der Waals surface area (Å²) in [6, 6.07) is 16.7. The molecule has 0 N–H and O–H groups in total. The minimum absolute atomic E-state index is 0. The maximum absolute atomic E-state index is 2.27. The minimum atomic E-state index is 0. The molecule has 3 heteroatoms. The van der Waals surface area contributed by atoms with Gasteiger partial charge in [0, 0.05) is 0 Å². The van der Waals surface area contributed by atoms with Crippen LogP contribution in [-0.4, -0.2) is 0 Å². The molecule has 18 heavy (non-hydrogen) atoms. The van der Waals surface area contributed by atoms with Crippen molar-refractivity contribution in [2.45, 2.75) is 33.1 Å². The third kappa shape index (κ3) is 11.3. The first-order valence-electron chi connectivity index (χ1n) is 5.72. The summed E-state index contributed by atoms with van der Waals surface area (Å²) < 4.78 is 0. The van der Waals surface area contributed by atoms with Gasteiger partial charge in [-0.05, 0) is 0 Å². The Morgan fingerprint density at radius 3 is 2.11 bits per heavy atom. The average molecular weight is 362 g/mol. The molecule has 0 radical (unpaired) electrons. The molecular formula is C15H20Cl2Zr. The zero-order valence-electron chi connectivity index (χ0n) is 11.0. The van der Waals surface area contributed by atoms with E-state index in [9.17, 15) is 0 Å². The van der Waals surface area contributed by atoms with Gasteiger partial charge in [-0.15, -0.1) is 0 Å². The number of rotatable bonds is 3. The standard InChI is InChI=1S/C10H15.C5H5.2ClH.Zr/c1-3-4-5-10-7-6-9(2)8-10;1-2-4-5-3-1;;;/h6-8H,3-5H2,1-2H3;1-5H;2*1H;/q2*-1;;;+4/p-2. The van der Waals surface area contributed by atoms with E-state index in [1.54, 1.807) is 0 Å². The Morgan fingerprint density at radius 2 is 1.78 bits per heavy atom. The second kappa shape index (κ2) is 15.2. The smallest absolute Gasteiger partial charge is 1.00 e. The van der Waals surface area contributed by atoms with Gasteiger partial charge in [0.25, 0.3) is 0 Å². The summed E-state index contributed by atoms with van der Waals surface area (Å²) in [6.07, 6.45) is 3.87. The Bertz CT molecular complexity index is 322. The van der Waals surface area contributed by atoms with E-state index in [0.29, 0.717) is 0 Å². The third-order valence-corrected chi connectivity index (χ3v) is 2.35. The fourth-order valence-electron chi connectivity index (χ4n) is 1.48. The molecule has 2 aromatic rings. The van der Waals surface area contributed by atoms with Crippen LogP contribution in [0.15, 0.2) is 48.5 Å². The molecule has 0 unspecified atom stereocenters.